The van der Waals surface area contributed by atoms with Gasteiger partial charge in [-0.3, -0.25) is 0 Å². The topological polar surface area (TPSA) is 0 Å². The molecule has 0 heterocycles. The van der Waals surface area contributed by atoms with Crippen molar-refractivity contribution in [1.29, 1.82) is 0 Å². The fraction of sp³-hybridized carbons (Fsp3) is 0.750. The van der Waals surface area contributed by atoms with Gasteiger partial charge in [0.2, 0.25) is 0 Å². The first-order valence-electron chi connectivity index (χ1n) is 10.2. The molecule has 0 amide bonds. The van der Waals surface area contributed by atoms with Gasteiger partial charge in [-0.15, -0.1) is 0 Å². The zero-order valence-electron chi connectivity index (χ0n) is 19.7. The predicted molar refractivity (Wildman–Crippen MR) is 124 cm³/mol. The third kappa shape index (κ3) is 7.33. The average molecular weight is 570 g/mol. The van der Waals surface area contributed by atoms with Crippen LogP contribution in [-0.4, -0.2) is 39.5 Å². The zero-order valence-corrected chi connectivity index (χ0v) is 25.4. The summed E-state index contributed by atoms with van der Waals surface area (Å²) in [7, 11) is 0. The summed E-state index contributed by atoms with van der Waals surface area (Å²) in [5.74, 6) is 0. The van der Waals surface area contributed by atoms with Crippen molar-refractivity contribution in [3.05, 3.63) is 35.4 Å². The summed E-state index contributed by atoms with van der Waals surface area (Å²) >= 11 is -3.31. The molecule has 1 rings (SSSR count). The van der Waals surface area contributed by atoms with Crippen LogP contribution in [0.5, 0.6) is 0 Å². The molecule has 0 bridgehead atoms. The predicted octanol–water partition coefficient (Wildman–Crippen LogP) is 8.04. The second-order valence-corrected chi connectivity index (χ2v) is 36.7. The molecule has 2 heteroatoms. The van der Waals surface area contributed by atoms with Gasteiger partial charge in [0.05, 0.1) is 0 Å². The molecule has 2 radical (unpaired) electrons. The average Bonchev–Trinajstić information content (AvgIpc) is 2.38. The fourth-order valence-corrected chi connectivity index (χ4v) is 27.6. The van der Waals surface area contributed by atoms with Crippen LogP contribution in [0.25, 0.3) is 0 Å². The SMILES string of the molecule is C[C](C)(C)[Sn]([CH2]c1ccccc1[CH2][Sn]([C](C)(C)C)[C](C)(C)C)[C](C)(C)C. The summed E-state index contributed by atoms with van der Waals surface area (Å²) in [6, 6.07) is 9.48. The van der Waals surface area contributed by atoms with Crippen molar-refractivity contribution in [2.45, 2.75) is 106 Å². The van der Waals surface area contributed by atoms with Crippen molar-refractivity contribution >= 4 is 39.5 Å². The Bertz CT molecular complexity index is 493. The molecular formula is C24H44Sn2. The minimum absolute atomic E-state index is 0.517. The van der Waals surface area contributed by atoms with Gasteiger partial charge in [-0.2, -0.15) is 0 Å². The van der Waals surface area contributed by atoms with Gasteiger partial charge in [-0.05, 0) is 0 Å². The standard InChI is InChI=1S/C8H8.4C4H9.2Sn/c1-7-5-3-4-6-8(7)2;4*1-4(2)3;;/h3-6H,1-2H2;4*1-3H3;;. The van der Waals surface area contributed by atoms with E-state index in [1.807, 2.05) is 0 Å². The van der Waals surface area contributed by atoms with Crippen LogP contribution in [0.4, 0.5) is 0 Å². The summed E-state index contributed by atoms with van der Waals surface area (Å²) < 4.78 is 4.87. The number of hydrogen-bond acceptors (Lipinski definition) is 0. The summed E-state index contributed by atoms with van der Waals surface area (Å²) in [5, 5.41) is 0. The fourth-order valence-electron chi connectivity index (χ4n) is 4.59. The van der Waals surface area contributed by atoms with Crippen LogP contribution >= 0.6 is 0 Å². The minimum atomic E-state index is -1.66. The molecule has 0 aliphatic heterocycles. The molecule has 0 atom stereocenters. The van der Waals surface area contributed by atoms with E-state index in [4.69, 9.17) is 0 Å². The summed E-state index contributed by atoms with van der Waals surface area (Å²) in [6.07, 6.45) is 0. The van der Waals surface area contributed by atoms with Crippen LogP contribution < -0.4 is 0 Å². The number of rotatable bonds is 4. The van der Waals surface area contributed by atoms with E-state index in [0.717, 1.165) is 0 Å². The quantitative estimate of drug-likeness (QED) is 0.322. The number of hydrogen-bond donors (Lipinski definition) is 0. The van der Waals surface area contributed by atoms with Crippen molar-refractivity contribution in [2.75, 3.05) is 0 Å². The molecule has 0 aliphatic carbocycles. The van der Waals surface area contributed by atoms with Crippen LogP contribution in [0.2, 0.25) is 13.7 Å². The second-order valence-electron chi connectivity index (χ2n) is 12.1. The molecule has 1 aromatic rings. The Morgan fingerprint density at radius 1 is 0.500 bits per heavy atom. The maximum atomic E-state index is 2.50. The van der Waals surface area contributed by atoms with Crippen molar-refractivity contribution in [3.63, 3.8) is 0 Å². The Morgan fingerprint density at radius 2 is 0.731 bits per heavy atom. The Hall–Kier alpha value is 0.817. The first kappa shape index (κ1) is 24.9. The molecule has 0 saturated heterocycles. The van der Waals surface area contributed by atoms with Gasteiger partial charge < -0.3 is 0 Å². The second kappa shape index (κ2) is 8.67. The van der Waals surface area contributed by atoms with E-state index in [9.17, 15) is 0 Å². The molecule has 0 saturated carbocycles. The van der Waals surface area contributed by atoms with Crippen LogP contribution in [0.3, 0.4) is 0 Å². The molecule has 0 aliphatic rings. The molecule has 0 nitrogen and oxygen atoms in total. The van der Waals surface area contributed by atoms with Gasteiger partial charge in [0.1, 0.15) is 0 Å². The monoisotopic (exact) mass is 572 g/mol. The van der Waals surface area contributed by atoms with Gasteiger partial charge in [0.25, 0.3) is 0 Å². The van der Waals surface area contributed by atoms with Gasteiger partial charge in [-0.1, -0.05) is 0 Å². The van der Waals surface area contributed by atoms with Gasteiger partial charge in [0, 0.05) is 0 Å². The Balaban J connectivity index is 3.26. The van der Waals surface area contributed by atoms with E-state index < -0.39 is 39.5 Å². The van der Waals surface area contributed by atoms with Crippen LogP contribution in [-0.2, 0) is 8.87 Å². The molecule has 0 unspecified atom stereocenters. The van der Waals surface area contributed by atoms with E-state index in [-0.39, 0.29) is 0 Å². The Kier molecular flexibility index (Phi) is 8.29. The van der Waals surface area contributed by atoms with Crippen molar-refractivity contribution in [1.82, 2.24) is 0 Å². The molecule has 148 valence electrons. The molecule has 1 aromatic carbocycles. The molecule has 0 aromatic heterocycles. The Morgan fingerprint density at radius 3 is 0.923 bits per heavy atom. The van der Waals surface area contributed by atoms with E-state index in [0.29, 0.717) is 13.7 Å². The first-order chi connectivity index (χ1) is 11.4. The summed E-state index contributed by atoms with van der Waals surface area (Å²) in [5.41, 5.74) is 3.39. The van der Waals surface area contributed by atoms with Crippen molar-refractivity contribution < 1.29 is 0 Å². The van der Waals surface area contributed by atoms with Gasteiger partial charge in [0.15, 0.2) is 0 Å². The van der Waals surface area contributed by atoms with E-state index in [2.05, 4.69) is 107 Å². The maximum absolute atomic E-state index is 2.50. The van der Waals surface area contributed by atoms with E-state index >= 15 is 0 Å². The number of benzene rings is 1. The normalized spacial score (nSPS) is 14.4. The molecule has 0 spiro atoms. The van der Waals surface area contributed by atoms with Crippen molar-refractivity contribution in [3.8, 4) is 0 Å². The van der Waals surface area contributed by atoms with E-state index in [1.54, 1.807) is 11.1 Å². The van der Waals surface area contributed by atoms with E-state index in [1.165, 1.54) is 8.87 Å². The van der Waals surface area contributed by atoms with Gasteiger partial charge >= 0.3 is 181 Å². The third-order valence-corrected chi connectivity index (χ3v) is 30.3. The van der Waals surface area contributed by atoms with Crippen LogP contribution in [0.1, 0.15) is 94.2 Å². The van der Waals surface area contributed by atoms with Crippen LogP contribution in [0, 0.1) is 0 Å². The van der Waals surface area contributed by atoms with Crippen molar-refractivity contribution in [2.24, 2.45) is 0 Å². The first-order valence-corrected chi connectivity index (χ1v) is 20.0. The molecule has 0 fully saturated rings. The molecule has 0 N–H and O–H groups in total. The van der Waals surface area contributed by atoms with Gasteiger partial charge in [-0.25, -0.2) is 0 Å². The molecule has 26 heavy (non-hydrogen) atoms. The Labute approximate surface area is 179 Å². The zero-order chi connectivity index (χ0) is 20.6. The van der Waals surface area contributed by atoms with Crippen LogP contribution in [0.15, 0.2) is 24.3 Å². The third-order valence-electron chi connectivity index (χ3n) is 5.47. The summed E-state index contributed by atoms with van der Waals surface area (Å²) in [4.78, 5) is 0. The molecular weight excluding hydrogens is 526 g/mol. The summed E-state index contributed by atoms with van der Waals surface area (Å²) in [6.45, 7) is 30.0.